The zero-order chi connectivity index (χ0) is 18.0. The van der Waals surface area contributed by atoms with Crippen LogP contribution in [0.5, 0.6) is 0 Å². The minimum atomic E-state index is -1.78. The van der Waals surface area contributed by atoms with E-state index in [2.05, 4.69) is 97.0 Å². The molecule has 1 heterocycles. The Balaban J connectivity index is 0.00000210. The Morgan fingerprint density at radius 3 is 1.74 bits per heavy atom. The van der Waals surface area contributed by atoms with Gasteiger partial charge in [0.1, 0.15) is 23.2 Å². The number of benzene rings is 3. The van der Waals surface area contributed by atoms with Gasteiger partial charge in [-0.2, -0.15) is 0 Å². The Labute approximate surface area is 181 Å². The molecule has 4 rings (SSSR count). The summed E-state index contributed by atoms with van der Waals surface area (Å²) in [6.45, 7) is 2.41. The first-order chi connectivity index (χ1) is 12.7. The molecule has 4 heteroatoms. The summed E-state index contributed by atoms with van der Waals surface area (Å²) in [5.41, 5.74) is 1.25. The molecule has 0 saturated heterocycles. The molecule has 0 spiro atoms. The molecule has 0 bridgehead atoms. The van der Waals surface area contributed by atoms with Gasteiger partial charge < -0.3 is 17.0 Å². The van der Waals surface area contributed by atoms with Crippen LogP contribution in [0.15, 0.2) is 96.4 Å². The maximum atomic E-state index is 6.51. The van der Waals surface area contributed by atoms with Crippen molar-refractivity contribution >= 4 is 46.1 Å². The molecule has 0 radical (unpaired) electrons. The van der Waals surface area contributed by atoms with Crippen molar-refractivity contribution < 1.29 is 17.0 Å². The second-order valence-electron chi connectivity index (χ2n) is 6.29. The number of hydrogen-bond acceptors (Lipinski definition) is 1. The first-order valence-corrected chi connectivity index (χ1v) is 12.0. The first kappa shape index (κ1) is 20.3. The minimum Gasteiger partial charge on any atom is -1.00 e. The molecule has 0 saturated carbocycles. The molecule has 0 aliphatic heterocycles. The van der Waals surface area contributed by atoms with Crippen molar-refractivity contribution in [2.24, 2.45) is 0 Å². The van der Waals surface area contributed by atoms with Gasteiger partial charge in [-0.05, 0) is 47.8 Å². The third kappa shape index (κ3) is 3.77. The van der Waals surface area contributed by atoms with Crippen LogP contribution >= 0.6 is 30.2 Å². The van der Waals surface area contributed by atoms with E-state index in [0.717, 1.165) is 9.90 Å². The maximum absolute atomic E-state index is 6.51. The lowest BCUT2D eigenvalue weighted by Gasteiger charge is -2.25. The minimum absolute atomic E-state index is 0. The van der Waals surface area contributed by atoms with Gasteiger partial charge >= 0.3 is 0 Å². The fraction of sp³-hybridized carbons (Fsp3) is 0.0435. The van der Waals surface area contributed by atoms with Gasteiger partial charge in [0.05, 0.1) is 16.6 Å². The molecular weight excluding hydrogens is 455 g/mol. The van der Waals surface area contributed by atoms with Crippen molar-refractivity contribution in [3.63, 3.8) is 0 Å². The van der Waals surface area contributed by atoms with Gasteiger partial charge in [0, 0.05) is 5.56 Å². The summed E-state index contributed by atoms with van der Waals surface area (Å²) in [6, 6.07) is 32.5. The highest BCUT2D eigenvalue weighted by Gasteiger charge is 2.42. The van der Waals surface area contributed by atoms with Crippen LogP contribution < -0.4 is 32.9 Å². The summed E-state index contributed by atoms with van der Waals surface area (Å²) in [5.74, 6) is 0. The largest absolute Gasteiger partial charge is 1.00 e. The molecule has 136 valence electrons. The average molecular weight is 474 g/mol. The maximum Gasteiger partial charge on any atom is 0.113 e. The van der Waals surface area contributed by atoms with E-state index in [9.17, 15) is 0 Å². The standard InChI is InChI=1S/C23H19ClPS.BrH/c1-25(18-10-4-2-5-11-18,19-12-6-3-7-13-19)22-15-9-8-14-20(22)23-21(24)16-17-26-23;/h2-17H,1H3;1H/q+1;/p-1. The van der Waals surface area contributed by atoms with E-state index < -0.39 is 7.26 Å². The van der Waals surface area contributed by atoms with Crippen LogP contribution in [-0.2, 0) is 0 Å². The lowest BCUT2D eigenvalue weighted by atomic mass is 10.2. The third-order valence-electron chi connectivity index (χ3n) is 4.79. The molecule has 1 aromatic heterocycles. The highest BCUT2D eigenvalue weighted by molar-refractivity contribution is 7.95. The van der Waals surface area contributed by atoms with Gasteiger partial charge in [0.15, 0.2) is 0 Å². The van der Waals surface area contributed by atoms with E-state index >= 15 is 0 Å². The molecule has 4 aromatic rings. The smallest absolute Gasteiger partial charge is 0.113 e. The van der Waals surface area contributed by atoms with E-state index in [1.165, 1.54) is 21.5 Å². The molecule has 0 unspecified atom stereocenters. The van der Waals surface area contributed by atoms with Crippen molar-refractivity contribution in [2.45, 2.75) is 0 Å². The van der Waals surface area contributed by atoms with Gasteiger partial charge in [0.25, 0.3) is 0 Å². The van der Waals surface area contributed by atoms with Crippen LogP contribution in [0.25, 0.3) is 10.4 Å². The summed E-state index contributed by atoms with van der Waals surface area (Å²) < 4.78 is 0. The Hall–Kier alpha value is -1.44. The summed E-state index contributed by atoms with van der Waals surface area (Å²) in [7, 11) is -1.78. The average Bonchev–Trinajstić information content (AvgIpc) is 3.14. The second-order valence-corrected chi connectivity index (χ2v) is 11.1. The fourth-order valence-corrected chi connectivity index (χ4v) is 8.14. The fourth-order valence-electron chi connectivity index (χ4n) is 3.42. The summed E-state index contributed by atoms with van der Waals surface area (Å²) in [5, 5.41) is 7.03. The number of halogens is 2. The first-order valence-electron chi connectivity index (χ1n) is 8.52. The molecule has 0 aliphatic rings. The normalized spacial score (nSPS) is 11.0. The van der Waals surface area contributed by atoms with Gasteiger partial charge in [0.2, 0.25) is 0 Å². The predicted molar refractivity (Wildman–Crippen MR) is 119 cm³/mol. The lowest BCUT2D eigenvalue weighted by Crippen LogP contribution is -3.00. The van der Waals surface area contributed by atoms with E-state index in [-0.39, 0.29) is 17.0 Å². The SMILES string of the molecule is C[P+](c1ccccc1)(c1ccccc1)c1ccccc1-c1sccc1Cl.[Br-]. The summed E-state index contributed by atoms with van der Waals surface area (Å²) in [6.07, 6.45) is 0. The molecule has 0 fully saturated rings. The van der Waals surface area contributed by atoms with Crippen LogP contribution in [0.2, 0.25) is 5.02 Å². The van der Waals surface area contributed by atoms with Gasteiger partial charge in [-0.25, -0.2) is 0 Å². The zero-order valence-electron chi connectivity index (χ0n) is 14.8. The summed E-state index contributed by atoms with van der Waals surface area (Å²) >= 11 is 8.22. The number of hydrogen-bond donors (Lipinski definition) is 0. The lowest BCUT2D eigenvalue weighted by molar-refractivity contribution is -0.00000484. The van der Waals surface area contributed by atoms with Crippen molar-refractivity contribution in [1.82, 2.24) is 0 Å². The Bertz CT molecular complexity index is 975. The predicted octanol–water partition coefficient (Wildman–Crippen LogP) is 3.00. The third-order valence-corrected chi connectivity index (χ3v) is 10.2. The molecule has 0 atom stereocenters. The quantitative estimate of drug-likeness (QED) is 0.400. The zero-order valence-corrected chi connectivity index (χ0v) is 18.9. The van der Waals surface area contributed by atoms with Crippen molar-refractivity contribution in [2.75, 3.05) is 6.66 Å². The number of rotatable bonds is 4. The van der Waals surface area contributed by atoms with Gasteiger partial charge in [-0.3, -0.25) is 0 Å². The van der Waals surface area contributed by atoms with E-state index in [4.69, 9.17) is 11.6 Å². The van der Waals surface area contributed by atoms with Crippen LogP contribution in [0.1, 0.15) is 0 Å². The Morgan fingerprint density at radius 2 is 1.22 bits per heavy atom. The van der Waals surface area contributed by atoms with Crippen molar-refractivity contribution in [1.29, 1.82) is 0 Å². The molecule has 0 nitrogen and oxygen atoms in total. The van der Waals surface area contributed by atoms with E-state index in [1.807, 2.05) is 6.07 Å². The van der Waals surface area contributed by atoms with Crippen molar-refractivity contribution in [3.8, 4) is 10.4 Å². The van der Waals surface area contributed by atoms with Gasteiger partial charge in [-0.1, -0.05) is 60.1 Å². The van der Waals surface area contributed by atoms with Gasteiger partial charge in [-0.15, -0.1) is 11.3 Å². The monoisotopic (exact) mass is 472 g/mol. The topological polar surface area (TPSA) is 0 Å². The summed E-state index contributed by atoms with van der Waals surface area (Å²) in [4.78, 5) is 1.15. The molecule has 0 amide bonds. The number of thiophene rings is 1. The van der Waals surface area contributed by atoms with Crippen LogP contribution in [0.3, 0.4) is 0 Å². The van der Waals surface area contributed by atoms with Crippen LogP contribution in [-0.4, -0.2) is 6.66 Å². The molecule has 0 aliphatic carbocycles. The van der Waals surface area contributed by atoms with Crippen LogP contribution in [0, 0.1) is 0 Å². The molecule has 0 N–H and O–H groups in total. The highest BCUT2D eigenvalue weighted by Crippen LogP contribution is 2.54. The van der Waals surface area contributed by atoms with Crippen LogP contribution in [0.4, 0.5) is 0 Å². The Kier molecular flexibility index (Phi) is 6.55. The van der Waals surface area contributed by atoms with E-state index in [0.29, 0.717) is 0 Å². The molecule has 27 heavy (non-hydrogen) atoms. The van der Waals surface area contributed by atoms with E-state index in [1.54, 1.807) is 11.3 Å². The highest BCUT2D eigenvalue weighted by atomic mass is 79.9. The second kappa shape index (κ2) is 8.71. The molecule has 3 aromatic carbocycles. The van der Waals surface area contributed by atoms with Crippen molar-refractivity contribution in [3.05, 3.63) is 101 Å². The Morgan fingerprint density at radius 1 is 0.704 bits per heavy atom. The molecular formula is C23H19BrClPS.